The predicted octanol–water partition coefficient (Wildman–Crippen LogP) is 1.45. The summed E-state index contributed by atoms with van der Waals surface area (Å²) in [7, 11) is 0. The summed E-state index contributed by atoms with van der Waals surface area (Å²) in [4.78, 5) is 76.8. The largest absolute Gasteiger partial charge is 0.481 e. The number of carbonyl (C=O) groups is 6. The topological polar surface area (TPSA) is 194 Å². The molecule has 13 nitrogen and oxygen atoms in total. The Kier molecular flexibility index (Phi) is 13.4. The van der Waals surface area contributed by atoms with Crippen LogP contribution < -0.4 is 21.3 Å². The van der Waals surface area contributed by atoms with E-state index in [2.05, 4.69) is 21.3 Å². The van der Waals surface area contributed by atoms with Gasteiger partial charge in [0, 0.05) is 12.6 Å². The van der Waals surface area contributed by atoms with E-state index in [1.54, 1.807) is 34.6 Å². The summed E-state index contributed by atoms with van der Waals surface area (Å²) < 4.78 is 0. The molecule has 5 amide bonds. The third-order valence-electron chi connectivity index (χ3n) is 6.88. The molecule has 0 spiro atoms. The average Bonchev–Trinajstić information content (AvgIpc) is 3.33. The molecule has 1 fully saturated rings. The summed E-state index contributed by atoms with van der Waals surface area (Å²) in [5, 5.41) is 29.1. The Morgan fingerprint density at radius 3 is 1.98 bits per heavy atom. The number of nitrogens with zero attached hydrogens (tertiary/aromatic N) is 1. The highest BCUT2D eigenvalue weighted by Gasteiger charge is 2.43. The lowest BCUT2D eigenvalue weighted by molar-refractivity contribution is -0.145. The number of nitrogens with one attached hydrogen (secondary N) is 4. The van der Waals surface area contributed by atoms with E-state index in [0.29, 0.717) is 6.42 Å². The van der Waals surface area contributed by atoms with Gasteiger partial charge in [-0.15, -0.1) is 0 Å². The van der Waals surface area contributed by atoms with Crippen LogP contribution in [0.3, 0.4) is 0 Å². The number of rotatable bonds is 14. The number of carbonyl (C=O) groups excluding carboxylic acids is 4. The molecule has 1 heterocycles. The van der Waals surface area contributed by atoms with E-state index in [-0.39, 0.29) is 31.3 Å². The monoisotopic (exact) mass is 569 g/mol. The van der Waals surface area contributed by atoms with Gasteiger partial charge in [0.25, 0.3) is 0 Å². The van der Waals surface area contributed by atoms with Crippen LogP contribution in [0.25, 0.3) is 0 Å². The number of hydrogen-bond acceptors (Lipinski definition) is 6. The maximum atomic E-state index is 13.7. The molecule has 1 rings (SSSR count). The van der Waals surface area contributed by atoms with E-state index in [1.807, 2.05) is 13.8 Å². The minimum atomic E-state index is -1.54. The maximum absolute atomic E-state index is 13.7. The molecule has 40 heavy (non-hydrogen) atoms. The first kappa shape index (κ1) is 34.6. The van der Waals surface area contributed by atoms with Crippen LogP contribution in [0.2, 0.25) is 0 Å². The molecular formula is C27H47N5O8. The highest BCUT2D eigenvalue weighted by molar-refractivity contribution is 5.96. The van der Waals surface area contributed by atoms with E-state index in [4.69, 9.17) is 0 Å². The van der Waals surface area contributed by atoms with Crippen molar-refractivity contribution in [1.82, 2.24) is 26.2 Å². The Labute approximate surface area is 236 Å². The molecule has 1 aliphatic rings. The molecule has 13 heteroatoms. The van der Waals surface area contributed by atoms with Crippen LogP contribution in [-0.2, 0) is 24.0 Å². The van der Waals surface area contributed by atoms with Crippen molar-refractivity contribution < 1.29 is 39.0 Å². The van der Waals surface area contributed by atoms with E-state index in [0.717, 1.165) is 12.8 Å². The van der Waals surface area contributed by atoms with Gasteiger partial charge in [-0.1, -0.05) is 48.5 Å². The minimum absolute atomic E-state index is 0.0559. The molecule has 0 bridgehead atoms. The number of aliphatic carboxylic acids is 2. The Morgan fingerprint density at radius 1 is 0.900 bits per heavy atom. The normalized spacial score (nSPS) is 17.6. The molecular weight excluding hydrogens is 522 g/mol. The second-order valence-electron chi connectivity index (χ2n) is 11.8. The van der Waals surface area contributed by atoms with Crippen LogP contribution in [0.4, 0.5) is 4.79 Å². The quantitative estimate of drug-likeness (QED) is 0.181. The molecule has 6 N–H and O–H groups in total. The van der Waals surface area contributed by atoms with Gasteiger partial charge in [0.15, 0.2) is 0 Å². The number of hydrogen-bond donors (Lipinski definition) is 6. The first-order valence-electron chi connectivity index (χ1n) is 13.9. The predicted molar refractivity (Wildman–Crippen MR) is 147 cm³/mol. The Bertz CT molecular complexity index is 928. The highest BCUT2D eigenvalue weighted by atomic mass is 16.4. The molecule has 0 unspecified atom stereocenters. The molecule has 0 saturated carbocycles. The smallest absolute Gasteiger partial charge is 0.326 e. The van der Waals surface area contributed by atoms with Gasteiger partial charge in [0.1, 0.15) is 24.2 Å². The second kappa shape index (κ2) is 15.4. The van der Waals surface area contributed by atoms with Crippen molar-refractivity contribution >= 4 is 35.7 Å². The fraction of sp³-hybridized carbons (Fsp3) is 0.778. The van der Waals surface area contributed by atoms with Crippen LogP contribution in [0.15, 0.2) is 0 Å². The van der Waals surface area contributed by atoms with Crippen LogP contribution in [0.1, 0.15) is 87.0 Å². The highest BCUT2D eigenvalue weighted by Crippen LogP contribution is 2.26. The molecule has 0 aromatic heterocycles. The van der Waals surface area contributed by atoms with Gasteiger partial charge in [0.05, 0.1) is 6.42 Å². The average molecular weight is 570 g/mol. The summed E-state index contributed by atoms with van der Waals surface area (Å²) in [6.07, 6.45) is 1.57. The lowest BCUT2D eigenvalue weighted by Gasteiger charge is -2.36. The zero-order chi connectivity index (χ0) is 30.8. The van der Waals surface area contributed by atoms with E-state index >= 15 is 0 Å². The van der Waals surface area contributed by atoms with Crippen molar-refractivity contribution in [3.8, 4) is 0 Å². The third kappa shape index (κ3) is 10.6. The van der Waals surface area contributed by atoms with Gasteiger partial charge in [-0.25, -0.2) is 9.59 Å². The van der Waals surface area contributed by atoms with E-state index in [9.17, 15) is 39.0 Å². The molecule has 4 atom stereocenters. The maximum Gasteiger partial charge on any atom is 0.326 e. The first-order valence-corrected chi connectivity index (χ1v) is 13.9. The molecule has 1 aliphatic heterocycles. The van der Waals surface area contributed by atoms with Crippen LogP contribution in [0, 0.1) is 11.3 Å². The number of amides is 5. The van der Waals surface area contributed by atoms with Crippen LogP contribution >= 0.6 is 0 Å². The number of likely N-dealkylation sites (tertiary alicyclic amines) is 1. The molecule has 0 aromatic rings. The molecule has 0 radical (unpaired) electrons. The summed E-state index contributed by atoms with van der Waals surface area (Å²) >= 11 is 0. The van der Waals surface area contributed by atoms with E-state index in [1.165, 1.54) is 4.90 Å². The minimum Gasteiger partial charge on any atom is -0.481 e. The fourth-order valence-electron chi connectivity index (χ4n) is 4.59. The van der Waals surface area contributed by atoms with Crippen molar-refractivity contribution in [2.75, 3.05) is 6.54 Å². The Hall–Kier alpha value is -3.38. The zero-order valence-corrected chi connectivity index (χ0v) is 24.7. The standard InChI is InChI=1S/C27H47N5O8/c1-8-16(9-2)28-26(40)31-21(27(5,6)7)24(37)32-12-10-11-19(32)23(36)29-17(14-20(33)34)22(35)30-18(25(38)39)13-15(3)4/h15-19,21H,8-14H2,1-7H3,(H,29,36)(H,30,35)(H,33,34)(H,38,39)(H2,28,31,40)/t17-,18-,19-,21+/m0/s1. The third-order valence-corrected chi connectivity index (χ3v) is 6.88. The van der Waals surface area contributed by atoms with Crippen LogP contribution in [0.5, 0.6) is 0 Å². The summed E-state index contributed by atoms with van der Waals surface area (Å²) in [5.74, 6) is -4.83. The van der Waals surface area contributed by atoms with Crippen molar-refractivity contribution in [1.29, 1.82) is 0 Å². The molecule has 0 aliphatic carbocycles. The van der Waals surface area contributed by atoms with Gasteiger partial charge >= 0.3 is 18.0 Å². The van der Waals surface area contributed by atoms with Crippen molar-refractivity contribution in [3.05, 3.63) is 0 Å². The second-order valence-corrected chi connectivity index (χ2v) is 11.8. The Balaban J connectivity index is 3.10. The molecule has 1 saturated heterocycles. The number of urea groups is 1. The summed E-state index contributed by atoms with van der Waals surface area (Å²) in [6, 6.07) is -5.29. The van der Waals surface area contributed by atoms with E-state index < -0.39 is 71.7 Å². The summed E-state index contributed by atoms with van der Waals surface area (Å²) in [5.41, 5.74) is -0.694. The lowest BCUT2D eigenvalue weighted by Crippen LogP contribution is -2.60. The van der Waals surface area contributed by atoms with Gasteiger partial charge in [0.2, 0.25) is 17.7 Å². The van der Waals surface area contributed by atoms with Crippen molar-refractivity contribution in [2.24, 2.45) is 11.3 Å². The van der Waals surface area contributed by atoms with Crippen molar-refractivity contribution in [2.45, 2.75) is 117 Å². The van der Waals surface area contributed by atoms with Gasteiger partial charge in [-0.2, -0.15) is 0 Å². The molecule has 0 aromatic carbocycles. The lowest BCUT2D eigenvalue weighted by atomic mass is 9.85. The SMILES string of the molecule is CCC(CC)NC(=O)N[C@H](C(=O)N1CCC[C@H]1C(=O)N[C@@H](CC(=O)O)C(=O)N[C@@H](CC(C)C)C(=O)O)C(C)(C)C. The first-order chi connectivity index (χ1) is 18.5. The van der Waals surface area contributed by atoms with Gasteiger partial charge in [-0.3, -0.25) is 19.2 Å². The fourth-order valence-corrected chi connectivity index (χ4v) is 4.59. The summed E-state index contributed by atoms with van der Waals surface area (Å²) in [6.45, 7) is 13.1. The Morgan fingerprint density at radius 2 is 1.50 bits per heavy atom. The molecule has 228 valence electrons. The number of carboxylic acid groups (broad SMARTS) is 2. The van der Waals surface area contributed by atoms with Crippen LogP contribution in [-0.4, -0.2) is 87.6 Å². The van der Waals surface area contributed by atoms with Gasteiger partial charge < -0.3 is 36.4 Å². The van der Waals surface area contributed by atoms with Gasteiger partial charge in [-0.05, 0) is 43.4 Å². The zero-order valence-electron chi connectivity index (χ0n) is 24.7. The number of carboxylic acids is 2. The van der Waals surface area contributed by atoms with Crippen molar-refractivity contribution in [3.63, 3.8) is 0 Å².